The lowest BCUT2D eigenvalue weighted by molar-refractivity contribution is -0.129. The summed E-state index contributed by atoms with van der Waals surface area (Å²) in [4.78, 5) is 23.4. The Bertz CT molecular complexity index is 278. The lowest BCUT2D eigenvalue weighted by Gasteiger charge is -2.30. The maximum atomic E-state index is 12.1. The molecule has 2 heteroatoms. The molecule has 1 rings (SSSR count). The van der Waals surface area contributed by atoms with Gasteiger partial charge in [-0.1, -0.05) is 33.6 Å². The van der Waals surface area contributed by atoms with Gasteiger partial charge in [0.25, 0.3) is 0 Å². The smallest absolute Gasteiger partial charge is 0.138 e. The summed E-state index contributed by atoms with van der Waals surface area (Å²) >= 11 is 0. The van der Waals surface area contributed by atoms with Gasteiger partial charge in [-0.2, -0.15) is 0 Å². The molecule has 0 N–H and O–H groups in total. The van der Waals surface area contributed by atoms with Crippen molar-refractivity contribution in [3.63, 3.8) is 0 Å². The van der Waals surface area contributed by atoms with Crippen molar-refractivity contribution in [2.45, 2.75) is 66.2 Å². The van der Waals surface area contributed by atoms with Crippen molar-refractivity contribution in [3.05, 3.63) is 0 Å². The molecule has 1 aliphatic carbocycles. The van der Waals surface area contributed by atoms with E-state index in [0.29, 0.717) is 18.6 Å². The Morgan fingerprint density at radius 3 is 1.94 bits per heavy atom. The molecule has 0 spiro atoms. The topological polar surface area (TPSA) is 34.1 Å². The molecule has 0 saturated heterocycles. The van der Waals surface area contributed by atoms with E-state index < -0.39 is 0 Å². The van der Waals surface area contributed by atoms with Crippen LogP contribution in [0.4, 0.5) is 0 Å². The van der Waals surface area contributed by atoms with Crippen molar-refractivity contribution in [2.75, 3.05) is 0 Å². The first-order valence-electron chi connectivity index (χ1n) is 6.28. The minimum Gasteiger partial charge on any atom is -0.300 e. The Kier molecular flexibility index (Phi) is 3.92. The van der Waals surface area contributed by atoms with E-state index in [1.54, 1.807) is 6.92 Å². The van der Waals surface area contributed by atoms with Crippen LogP contribution in [0, 0.1) is 10.8 Å². The fourth-order valence-corrected chi connectivity index (χ4v) is 2.67. The lowest BCUT2D eigenvalue weighted by Crippen LogP contribution is -2.30. The summed E-state index contributed by atoms with van der Waals surface area (Å²) in [6.45, 7) is 7.53. The molecular formula is C14H24O2. The van der Waals surface area contributed by atoms with Gasteiger partial charge < -0.3 is 4.79 Å². The van der Waals surface area contributed by atoms with E-state index in [4.69, 9.17) is 0 Å². The van der Waals surface area contributed by atoms with E-state index in [1.807, 2.05) is 20.8 Å². The summed E-state index contributed by atoms with van der Waals surface area (Å²) in [6, 6.07) is 0. The van der Waals surface area contributed by atoms with E-state index in [-0.39, 0.29) is 16.6 Å². The van der Waals surface area contributed by atoms with Crippen LogP contribution in [0.25, 0.3) is 0 Å². The molecule has 16 heavy (non-hydrogen) atoms. The van der Waals surface area contributed by atoms with Crippen LogP contribution in [0.1, 0.15) is 66.2 Å². The average Bonchev–Trinajstić information content (AvgIpc) is 2.49. The van der Waals surface area contributed by atoms with Gasteiger partial charge in [0.05, 0.1) is 0 Å². The molecule has 1 aliphatic rings. The molecule has 1 fully saturated rings. The Morgan fingerprint density at radius 1 is 1.06 bits per heavy atom. The summed E-state index contributed by atoms with van der Waals surface area (Å²) in [5, 5.41) is 0. The fraction of sp³-hybridized carbons (Fsp3) is 0.857. The first kappa shape index (κ1) is 13.4. The van der Waals surface area contributed by atoms with Gasteiger partial charge >= 0.3 is 0 Å². The summed E-state index contributed by atoms with van der Waals surface area (Å²) in [5.74, 6) is 0.527. The minimum atomic E-state index is -0.271. The minimum absolute atomic E-state index is 0.00377. The second kappa shape index (κ2) is 4.68. The number of hydrogen-bond acceptors (Lipinski definition) is 2. The molecule has 2 nitrogen and oxygen atoms in total. The monoisotopic (exact) mass is 224 g/mol. The molecule has 0 aromatic rings. The highest BCUT2D eigenvalue weighted by Crippen LogP contribution is 2.45. The number of rotatable bonds is 4. The van der Waals surface area contributed by atoms with Crippen molar-refractivity contribution in [3.8, 4) is 0 Å². The summed E-state index contributed by atoms with van der Waals surface area (Å²) in [6.07, 6.45) is 5.63. The third kappa shape index (κ3) is 3.43. The first-order valence-corrected chi connectivity index (χ1v) is 6.28. The molecule has 0 aliphatic heterocycles. The van der Waals surface area contributed by atoms with E-state index in [1.165, 1.54) is 12.8 Å². The third-order valence-electron chi connectivity index (χ3n) is 3.66. The zero-order valence-corrected chi connectivity index (χ0v) is 11.1. The summed E-state index contributed by atoms with van der Waals surface area (Å²) < 4.78 is 0. The maximum Gasteiger partial charge on any atom is 0.138 e. The van der Waals surface area contributed by atoms with Crippen molar-refractivity contribution < 1.29 is 9.59 Å². The van der Waals surface area contributed by atoms with Crippen LogP contribution < -0.4 is 0 Å². The van der Waals surface area contributed by atoms with Gasteiger partial charge in [0, 0.05) is 18.3 Å². The second-order valence-electron chi connectivity index (χ2n) is 6.44. The van der Waals surface area contributed by atoms with Crippen LogP contribution in [-0.2, 0) is 9.59 Å². The fourth-order valence-electron chi connectivity index (χ4n) is 2.67. The maximum absolute atomic E-state index is 12.1. The normalized spacial score (nSPS) is 19.8. The van der Waals surface area contributed by atoms with Crippen molar-refractivity contribution in [2.24, 2.45) is 10.8 Å². The molecule has 0 radical (unpaired) electrons. The summed E-state index contributed by atoms with van der Waals surface area (Å²) in [7, 11) is 0. The average molecular weight is 224 g/mol. The van der Waals surface area contributed by atoms with Crippen LogP contribution in [0.5, 0.6) is 0 Å². The number of hydrogen-bond donors (Lipinski definition) is 0. The predicted molar refractivity (Wildman–Crippen MR) is 65.3 cm³/mol. The number of ketones is 2. The quantitative estimate of drug-likeness (QED) is 0.732. The van der Waals surface area contributed by atoms with E-state index in [2.05, 4.69) is 0 Å². The predicted octanol–water partition coefficient (Wildman–Crippen LogP) is 3.53. The zero-order valence-electron chi connectivity index (χ0n) is 11.1. The molecule has 0 heterocycles. The first-order chi connectivity index (χ1) is 7.25. The van der Waals surface area contributed by atoms with Gasteiger partial charge in [0.1, 0.15) is 11.6 Å². The van der Waals surface area contributed by atoms with Crippen LogP contribution >= 0.6 is 0 Å². The highest BCUT2D eigenvalue weighted by atomic mass is 16.1. The van der Waals surface area contributed by atoms with E-state index in [9.17, 15) is 9.59 Å². The largest absolute Gasteiger partial charge is 0.300 e. The molecule has 1 saturated carbocycles. The highest BCUT2D eigenvalue weighted by Gasteiger charge is 2.39. The van der Waals surface area contributed by atoms with Gasteiger partial charge in [-0.15, -0.1) is 0 Å². The van der Waals surface area contributed by atoms with Crippen molar-refractivity contribution >= 4 is 11.6 Å². The molecular weight excluding hydrogens is 200 g/mol. The van der Waals surface area contributed by atoms with Gasteiger partial charge in [0.15, 0.2) is 0 Å². The van der Waals surface area contributed by atoms with Crippen LogP contribution in [-0.4, -0.2) is 11.6 Å². The van der Waals surface area contributed by atoms with Crippen molar-refractivity contribution in [1.82, 2.24) is 0 Å². The molecule has 0 bridgehead atoms. The Hall–Kier alpha value is -0.660. The Morgan fingerprint density at radius 2 is 1.56 bits per heavy atom. The van der Waals surface area contributed by atoms with Crippen LogP contribution in [0.2, 0.25) is 0 Å². The van der Waals surface area contributed by atoms with Gasteiger partial charge in [-0.05, 0) is 25.2 Å². The number of carbonyl (C=O) groups is 2. The van der Waals surface area contributed by atoms with Gasteiger partial charge in [-0.25, -0.2) is 0 Å². The molecule has 0 unspecified atom stereocenters. The van der Waals surface area contributed by atoms with Gasteiger partial charge in [0.2, 0.25) is 0 Å². The summed E-state index contributed by atoms with van der Waals surface area (Å²) in [5.41, 5.74) is -0.275. The number of Topliss-reactive ketones (excluding diaryl/α,β-unsaturated/α-hetero) is 2. The standard InChI is InChI=1S/C14H24O2/c1-11(15)9-14(7-5-6-8-14)10-12(16)13(2,3)4/h5-10H2,1-4H3. The highest BCUT2D eigenvalue weighted by molar-refractivity contribution is 5.85. The van der Waals surface area contributed by atoms with Crippen molar-refractivity contribution in [1.29, 1.82) is 0 Å². The molecule has 0 amide bonds. The molecule has 0 aromatic heterocycles. The van der Waals surface area contributed by atoms with Gasteiger partial charge in [-0.3, -0.25) is 4.79 Å². The second-order valence-corrected chi connectivity index (χ2v) is 6.44. The molecule has 92 valence electrons. The SMILES string of the molecule is CC(=O)CC1(CC(=O)C(C)(C)C)CCCC1. The lowest BCUT2D eigenvalue weighted by atomic mass is 9.73. The molecule has 0 aromatic carbocycles. The van der Waals surface area contributed by atoms with E-state index in [0.717, 1.165) is 12.8 Å². The molecule has 0 atom stereocenters. The Labute approximate surface area is 98.8 Å². The van der Waals surface area contributed by atoms with E-state index >= 15 is 0 Å². The number of carbonyl (C=O) groups excluding carboxylic acids is 2. The van der Waals surface area contributed by atoms with Crippen LogP contribution in [0.15, 0.2) is 0 Å². The zero-order chi connectivity index (χ0) is 12.4. The van der Waals surface area contributed by atoms with Crippen LogP contribution in [0.3, 0.4) is 0 Å². The third-order valence-corrected chi connectivity index (χ3v) is 3.66. The Balaban J connectivity index is 2.72.